The number of ether oxygens (including phenoxy) is 3. The minimum atomic E-state index is -0.926. The van der Waals surface area contributed by atoms with Gasteiger partial charge >= 0.3 is 5.97 Å². The Balaban J connectivity index is 1.64. The summed E-state index contributed by atoms with van der Waals surface area (Å²) in [6.45, 7) is 3.08. The van der Waals surface area contributed by atoms with Crippen LogP contribution < -0.4 is 14.2 Å². The van der Waals surface area contributed by atoms with Crippen LogP contribution in [0.2, 0.25) is 0 Å². The summed E-state index contributed by atoms with van der Waals surface area (Å²) in [7, 11) is 1.63. The number of rotatable bonds is 10. The van der Waals surface area contributed by atoms with Gasteiger partial charge in [-0.05, 0) is 62.1 Å². The highest BCUT2D eigenvalue weighted by Gasteiger charge is 2.06. The van der Waals surface area contributed by atoms with Gasteiger partial charge in [0, 0.05) is 0 Å². The molecule has 0 radical (unpaired) electrons. The number of hydrogen-bond acceptors (Lipinski definition) is 4. The summed E-state index contributed by atoms with van der Waals surface area (Å²) in [6.07, 6.45) is 2.83. The lowest BCUT2D eigenvalue weighted by Crippen LogP contribution is -2.03. The highest BCUT2D eigenvalue weighted by molar-refractivity contribution is 5.88. The van der Waals surface area contributed by atoms with Crippen LogP contribution in [-0.4, -0.2) is 31.4 Å². The maximum Gasteiger partial charge on any atom is 0.335 e. The van der Waals surface area contributed by atoms with Gasteiger partial charge in [-0.25, -0.2) is 4.79 Å². The van der Waals surface area contributed by atoms with E-state index < -0.39 is 5.97 Å². The lowest BCUT2D eigenvalue weighted by molar-refractivity contribution is 0.0696. The second-order valence-corrected chi connectivity index (χ2v) is 5.69. The number of carbonyl (C=O) groups is 1. The van der Waals surface area contributed by atoms with E-state index in [1.807, 2.05) is 31.2 Å². The first-order chi connectivity index (χ1) is 12.1. The standard InChI is InChI=1S/C20H24O5/c1-15-14-16(20(21)22)10-11-17(15)24-12-6-3-7-13-25-19-9-5-4-8-18(19)23-2/h4-5,8-11,14H,3,6-7,12-13H2,1-2H3,(H,21,22). The van der Waals surface area contributed by atoms with E-state index in [1.54, 1.807) is 25.3 Å². The predicted molar refractivity (Wildman–Crippen MR) is 96.0 cm³/mol. The zero-order valence-electron chi connectivity index (χ0n) is 14.7. The van der Waals surface area contributed by atoms with Gasteiger partial charge in [-0.1, -0.05) is 12.1 Å². The third-order valence-electron chi connectivity index (χ3n) is 3.79. The molecular formula is C20H24O5. The molecule has 2 aromatic rings. The molecule has 134 valence electrons. The summed E-state index contributed by atoms with van der Waals surface area (Å²) < 4.78 is 16.7. The van der Waals surface area contributed by atoms with E-state index in [0.29, 0.717) is 13.2 Å². The van der Waals surface area contributed by atoms with Crippen LogP contribution in [0.3, 0.4) is 0 Å². The topological polar surface area (TPSA) is 65.0 Å². The van der Waals surface area contributed by atoms with E-state index in [-0.39, 0.29) is 5.56 Å². The first-order valence-corrected chi connectivity index (χ1v) is 8.34. The normalized spacial score (nSPS) is 10.3. The Kier molecular flexibility index (Phi) is 7.14. The minimum Gasteiger partial charge on any atom is -0.493 e. The van der Waals surface area contributed by atoms with Gasteiger partial charge in [-0.2, -0.15) is 0 Å². The van der Waals surface area contributed by atoms with E-state index in [4.69, 9.17) is 19.3 Å². The zero-order chi connectivity index (χ0) is 18.1. The largest absolute Gasteiger partial charge is 0.493 e. The fraction of sp³-hybridized carbons (Fsp3) is 0.350. The highest BCUT2D eigenvalue weighted by atomic mass is 16.5. The first kappa shape index (κ1) is 18.6. The van der Waals surface area contributed by atoms with Gasteiger partial charge in [-0.3, -0.25) is 0 Å². The molecule has 2 rings (SSSR count). The van der Waals surface area contributed by atoms with Crippen LogP contribution in [0.5, 0.6) is 17.2 Å². The summed E-state index contributed by atoms with van der Waals surface area (Å²) in [4.78, 5) is 10.9. The van der Waals surface area contributed by atoms with Crippen molar-refractivity contribution in [1.82, 2.24) is 0 Å². The third kappa shape index (κ3) is 5.71. The van der Waals surface area contributed by atoms with Crippen molar-refractivity contribution in [2.45, 2.75) is 26.2 Å². The fourth-order valence-corrected chi connectivity index (χ4v) is 2.43. The van der Waals surface area contributed by atoms with Crippen molar-refractivity contribution in [1.29, 1.82) is 0 Å². The van der Waals surface area contributed by atoms with Gasteiger partial charge in [0.1, 0.15) is 5.75 Å². The summed E-state index contributed by atoms with van der Waals surface area (Å²) in [5, 5.41) is 8.95. The van der Waals surface area contributed by atoms with Crippen molar-refractivity contribution in [2.24, 2.45) is 0 Å². The molecule has 0 aromatic heterocycles. The van der Waals surface area contributed by atoms with E-state index in [1.165, 1.54) is 0 Å². The average Bonchev–Trinajstić information content (AvgIpc) is 2.62. The SMILES string of the molecule is COc1ccccc1OCCCCCOc1ccc(C(=O)O)cc1C. The summed E-state index contributed by atoms with van der Waals surface area (Å²) in [6, 6.07) is 12.5. The smallest absolute Gasteiger partial charge is 0.335 e. The maximum atomic E-state index is 10.9. The molecule has 0 aliphatic rings. The number of carboxylic acid groups (broad SMARTS) is 1. The first-order valence-electron chi connectivity index (χ1n) is 8.34. The van der Waals surface area contributed by atoms with Crippen molar-refractivity contribution < 1.29 is 24.1 Å². The quantitative estimate of drug-likeness (QED) is 0.650. The van der Waals surface area contributed by atoms with Gasteiger partial charge in [0.05, 0.1) is 25.9 Å². The van der Waals surface area contributed by atoms with E-state index in [0.717, 1.165) is 42.1 Å². The molecule has 0 bridgehead atoms. The molecule has 0 aliphatic carbocycles. The van der Waals surface area contributed by atoms with Crippen LogP contribution in [-0.2, 0) is 0 Å². The zero-order valence-corrected chi connectivity index (χ0v) is 14.7. The number of methoxy groups -OCH3 is 1. The maximum absolute atomic E-state index is 10.9. The summed E-state index contributed by atoms with van der Waals surface area (Å²) >= 11 is 0. The lowest BCUT2D eigenvalue weighted by Gasteiger charge is -2.11. The highest BCUT2D eigenvalue weighted by Crippen LogP contribution is 2.26. The van der Waals surface area contributed by atoms with Crippen molar-refractivity contribution in [3.05, 3.63) is 53.6 Å². The molecule has 0 unspecified atom stereocenters. The number of aryl methyl sites for hydroxylation is 1. The number of aromatic carboxylic acids is 1. The monoisotopic (exact) mass is 344 g/mol. The molecule has 5 nitrogen and oxygen atoms in total. The van der Waals surface area contributed by atoms with Crippen LogP contribution in [0.1, 0.15) is 35.2 Å². The second-order valence-electron chi connectivity index (χ2n) is 5.69. The predicted octanol–water partition coefficient (Wildman–Crippen LogP) is 4.33. The molecule has 1 N–H and O–H groups in total. The van der Waals surface area contributed by atoms with Gasteiger partial charge in [0.15, 0.2) is 11.5 Å². The Hall–Kier alpha value is -2.69. The molecule has 0 aliphatic heterocycles. The van der Waals surface area contributed by atoms with Gasteiger partial charge in [0.25, 0.3) is 0 Å². The van der Waals surface area contributed by atoms with E-state index >= 15 is 0 Å². The molecular weight excluding hydrogens is 320 g/mol. The molecule has 0 saturated heterocycles. The number of para-hydroxylation sites is 2. The van der Waals surface area contributed by atoms with Crippen molar-refractivity contribution in [3.63, 3.8) is 0 Å². The van der Waals surface area contributed by atoms with Crippen LogP contribution in [0, 0.1) is 6.92 Å². The van der Waals surface area contributed by atoms with E-state index in [2.05, 4.69) is 0 Å². The van der Waals surface area contributed by atoms with Crippen molar-refractivity contribution in [3.8, 4) is 17.2 Å². The number of hydrogen-bond donors (Lipinski definition) is 1. The Morgan fingerprint density at radius 1 is 0.920 bits per heavy atom. The minimum absolute atomic E-state index is 0.276. The number of carboxylic acids is 1. The van der Waals surface area contributed by atoms with Gasteiger partial charge in [-0.15, -0.1) is 0 Å². The number of unbranched alkanes of at least 4 members (excludes halogenated alkanes) is 2. The molecule has 0 heterocycles. The molecule has 2 aromatic carbocycles. The molecule has 0 spiro atoms. The van der Waals surface area contributed by atoms with Gasteiger partial charge < -0.3 is 19.3 Å². The summed E-state index contributed by atoms with van der Waals surface area (Å²) in [5.74, 6) is 1.31. The molecule has 0 atom stereocenters. The van der Waals surface area contributed by atoms with Crippen LogP contribution >= 0.6 is 0 Å². The van der Waals surface area contributed by atoms with Crippen molar-refractivity contribution in [2.75, 3.05) is 20.3 Å². The number of benzene rings is 2. The Morgan fingerprint density at radius 3 is 2.16 bits per heavy atom. The molecule has 25 heavy (non-hydrogen) atoms. The average molecular weight is 344 g/mol. The summed E-state index contributed by atoms with van der Waals surface area (Å²) in [5.41, 5.74) is 1.11. The van der Waals surface area contributed by atoms with Crippen LogP contribution in [0.25, 0.3) is 0 Å². The molecule has 0 saturated carbocycles. The van der Waals surface area contributed by atoms with E-state index in [9.17, 15) is 4.79 Å². The second kappa shape index (κ2) is 9.57. The Morgan fingerprint density at radius 2 is 1.56 bits per heavy atom. The lowest BCUT2D eigenvalue weighted by atomic mass is 10.1. The molecule has 0 amide bonds. The Labute approximate surface area is 148 Å². The van der Waals surface area contributed by atoms with Crippen LogP contribution in [0.4, 0.5) is 0 Å². The van der Waals surface area contributed by atoms with Crippen LogP contribution in [0.15, 0.2) is 42.5 Å². The molecule has 0 fully saturated rings. The van der Waals surface area contributed by atoms with Gasteiger partial charge in [0.2, 0.25) is 0 Å². The Bertz CT molecular complexity index is 696. The van der Waals surface area contributed by atoms with Crippen molar-refractivity contribution >= 4 is 5.97 Å². The third-order valence-corrected chi connectivity index (χ3v) is 3.79. The fourth-order valence-electron chi connectivity index (χ4n) is 2.43. The molecule has 5 heteroatoms.